The van der Waals surface area contributed by atoms with Gasteiger partial charge in [-0.3, -0.25) is 0 Å². The van der Waals surface area contributed by atoms with Crippen molar-refractivity contribution in [3.8, 4) is 0 Å². The molecule has 1 N–H and O–H groups in total. The Balaban J connectivity index is 1.92. The molecule has 0 fully saturated rings. The Bertz CT molecular complexity index is 538. The van der Waals surface area contributed by atoms with Gasteiger partial charge < -0.3 is 5.32 Å². The van der Waals surface area contributed by atoms with Gasteiger partial charge in [0, 0.05) is 17.6 Å². The number of hydrogen-bond donors (Lipinski definition) is 1. The summed E-state index contributed by atoms with van der Waals surface area (Å²) >= 11 is 9.30. The first-order valence-corrected chi connectivity index (χ1v) is 6.82. The molecule has 0 atom stereocenters. The molecule has 0 saturated heterocycles. The van der Waals surface area contributed by atoms with Crippen molar-refractivity contribution in [3.05, 3.63) is 68.7 Å². The Morgan fingerprint density at radius 3 is 2.21 bits per heavy atom. The van der Waals surface area contributed by atoms with E-state index in [0.717, 1.165) is 16.1 Å². The van der Waals surface area contributed by atoms with E-state index in [9.17, 15) is 8.78 Å². The van der Waals surface area contributed by atoms with Gasteiger partial charge in [-0.25, -0.2) is 8.78 Å². The molecular formula is C14H11BrClF2N. The summed E-state index contributed by atoms with van der Waals surface area (Å²) < 4.78 is 26.6. The lowest BCUT2D eigenvalue weighted by molar-refractivity contribution is 0.506. The minimum absolute atomic E-state index is 0.463. The molecule has 0 spiro atoms. The zero-order chi connectivity index (χ0) is 13.8. The smallest absolute Gasteiger partial charge is 0.159 e. The zero-order valence-electron chi connectivity index (χ0n) is 9.89. The standard InChI is InChI=1S/C14H11BrClF2N/c15-11-3-1-9(5-12(11)16)7-19-8-10-2-4-13(17)14(18)6-10/h1-6,19H,7-8H2. The maximum Gasteiger partial charge on any atom is 0.159 e. The van der Waals surface area contributed by atoms with Crippen LogP contribution in [-0.4, -0.2) is 0 Å². The lowest BCUT2D eigenvalue weighted by atomic mass is 10.2. The zero-order valence-corrected chi connectivity index (χ0v) is 12.2. The maximum atomic E-state index is 13.0. The molecule has 5 heteroatoms. The second kappa shape index (κ2) is 6.46. The van der Waals surface area contributed by atoms with Crippen molar-refractivity contribution in [1.29, 1.82) is 0 Å². The molecule has 2 aromatic carbocycles. The monoisotopic (exact) mass is 345 g/mol. The molecule has 0 amide bonds. The first-order chi connectivity index (χ1) is 9.06. The molecule has 0 aliphatic heterocycles. The highest BCUT2D eigenvalue weighted by Crippen LogP contribution is 2.23. The minimum atomic E-state index is -0.830. The summed E-state index contributed by atoms with van der Waals surface area (Å²) in [5.74, 6) is -1.66. The van der Waals surface area contributed by atoms with Gasteiger partial charge in [0.1, 0.15) is 0 Å². The van der Waals surface area contributed by atoms with Gasteiger partial charge in [-0.1, -0.05) is 23.7 Å². The Morgan fingerprint density at radius 2 is 1.58 bits per heavy atom. The van der Waals surface area contributed by atoms with Gasteiger partial charge >= 0.3 is 0 Å². The number of hydrogen-bond acceptors (Lipinski definition) is 1. The van der Waals surface area contributed by atoms with Crippen LogP contribution >= 0.6 is 27.5 Å². The molecule has 1 nitrogen and oxygen atoms in total. The van der Waals surface area contributed by atoms with E-state index >= 15 is 0 Å². The summed E-state index contributed by atoms with van der Waals surface area (Å²) in [6, 6.07) is 9.54. The summed E-state index contributed by atoms with van der Waals surface area (Å²) in [4.78, 5) is 0. The van der Waals surface area contributed by atoms with E-state index in [1.54, 1.807) is 6.07 Å². The Kier molecular flexibility index (Phi) is 4.91. The van der Waals surface area contributed by atoms with Gasteiger partial charge in [-0.05, 0) is 51.3 Å². The molecule has 0 saturated carbocycles. The lowest BCUT2D eigenvalue weighted by Crippen LogP contribution is -2.12. The predicted octanol–water partition coefficient (Wildman–Crippen LogP) is 4.67. The van der Waals surface area contributed by atoms with Crippen molar-refractivity contribution in [2.75, 3.05) is 0 Å². The molecule has 2 rings (SSSR count). The van der Waals surface area contributed by atoms with E-state index < -0.39 is 11.6 Å². The quantitative estimate of drug-likeness (QED) is 0.848. The molecule has 2 aromatic rings. The van der Waals surface area contributed by atoms with E-state index in [4.69, 9.17) is 11.6 Å². The Morgan fingerprint density at radius 1 is 0.947 bits per heavy atom. The van der Waals surface area contributed by atoms with Crippen molar-refractivity contribution in [3.63, 3.8) is 0 Å². The summed E-state index contributed by atoms with van der Waals surface area (Å²) in [6.07, 6.45) is 0. The maximum absolute atomic E-state index is 13.0. The van der Waals surface area contributed by atoms with Crippen LogP contribution in [0.3, 0.4) is 0 Å². The van der Waals surface area contributed by atoms with Crippen molar-refractivity contribution in [1.82, 2.24) is 5.32 Å². The van der Waals surface area contributed by atoms with Gasteiger partial charge in [0.2, 0.25) is 0 Å². The first kappa shape index (κ1) is 14.4. The molecule has 0 unspecified atom stereocenters. The van der Waals surface area contributed by atoms with Crippen LogP contribution in [0.4, 0.5) is 8.78 Å². The average Bonchev–Trinajstić information content (AvgIpc) is 2.38. The lowest BCUT2D eigenvalue weighted by Gasteiger charge is -2.06. The number of benzene rings is 2. The van der Waals surface area contributed by atoms with Gasteiger partial charge in [-0.2, -0.15) is 0 Å². The summed E-state index contributed by atoms with van der Waals surface area (Å²) in [5, 5.41) is 3.79. The highest BCUT2D eigenvalue weighted by molar-refractivity contribution is 9.10. The topological polar surface area (TPSA) is 12.0 Å². The molecule has 0 aromatic heterocycles. The van der Waals surface area contributed by atoms with Crippen LogP contribution < -0.4 is 5.32 Å². The Labute approximate surface area is 123 Å². The molecule has 100 valence electrons. The molecular weight excluding hydrogens is 336 g/mol. The van der Waals surface area contributed by atoms with E-state index in [0.29, 0.717) is 23.7 Å². The van der Waals surface area contributed by atoms with Gasteiger partial charge in [0.25, 0.3) is 0 Å². The highest BCUT2D eigenvalue weighted by Gasteiger charge is 2.03. The minimum Gasteiger partial charge on any atom is -0.309 e. The van der Waals surface area contributed by atoms with Crippen molar-refractivity contribution >= 4 is 27.5 Å². The van der Waals surface area contributed by atoms with Crippen LogP contribution in [-0.2, 0) is 13.1 Å². The van der Waals surface area contributed by atoms with Gasteiger partial charge in [0.15, 0.2) is 11.6 Å². The third kappa shape index (κ3) is 4.00. The molecule has 19 heavy (non-hydrogen) atoms. The van der Waals surface area contributed by atoms with E-state index in [-0.39, 0.29) is 0 Å². The van der Waals surface area contributed by atoms with E-state index in [1.807, 2.05) is 18.2 Å². The fourth-order valence-electron chi connectivity index (χ4n) is 1.65. The fourth-order valence-corrected chi connectivity index (χ4v) is 2.10. The molecule has 0 aliphatic rings. The second-order valence-corrected chi connectivity index (χ2v) is 5.36. The summed E-state index contributed by atoms with van der Waals surface area (Å²) in [7, 11) is 0. The second-order valence-electron chi connectivity index (χ2n) is 4.10. The van der Waals surface area contributed by atoms with E-state index in [2.05, 4.69) is 21.2 Å². The summed E-state index contributed by atoms with van der Waals surface area (Å²) in [5.41, 5.74) is 1.72. The first-order valence-electron chi connectivity index (χ1n) is 5.65. The fraction of sp³-hybridized carbons (Fsp3) is 0.143. The van der Waals surface area contributed by atoms with Crippen LogP contribution in [0.2, 0.25) is 5.02 Å². The average molecular weight is 347 g/mol. The molecule has 0 aliphatic carbocycles. The van der Waals surface area contributed by atoms with Gasteiger partial charge in [-0.15, -0.1) is 0 Å². The van der Waals surface area contributed by atoms with Crippen molar-refractivity contribution < 1.29 is 8.78 Å². The molecule has 0 heterocycles. The van der Waals surface area contributed by atoms with Crippen LogP contribution in [0.5, 0.6) is 0 Å². The molecule has 0 bridgehead atoms. The van der Waals surface area contributed by atoms with Crippen molar-refractivity contribution in [2.24, 2.45) is 0 Å². The van der Waals surface area contributed by atoms with Crippen LogP contribution in [0.15, 0.2) is 40.9 Å². The predicted molar refractivity (Wildman–Crippen MR) is 76.1 cm³/mol. The van der Waals surface area contributed by atoms with Crippen LogP contribution in [0.25, 0.3) is 0 Å². The van der Waals surface area contributed by atoms with Crippen molar-refractivity contribution in [2.45, 2.75) is 13.1 Å². The largest absolute Gasteiger partial charge is 0.309 e. The SMILES string of the molecule is Fc1ccc(CNCc2ccc(Br)c(Cl)c2)cc1F. The number of halogens is 4. The highest BCUT2D eigenvalue weighted by atomic mass is 79.9. The number of nitrogens with one attached hydrogen (secondary N) is 1. The van der Waals surface area contributed by atoms with Crippen LogP contribution in [0.1, 0.15) is 11.1 Å². The normalized spacial score (nSPS) is 10.7. The Hall–Kier alpha value is -0.970. The third-order valence-electron chi connectivity index (χ3n) is 2.63. The molecule has 0 radical (unpaired) electrons. The van der Waals surface area contributed by atoms with E-state index in [1.165, 1.54) is 6.07 Å². The third-order valence-corrected chi connectivity index (χ3v) is 3.86. The van der Waals surface area contributed by atoms with Gasteiger partial charge in [0.05, 0.1) is 5.02 Å². The summed E-state index contributed by atoms with van der Waals surface area (Å²) in [6.45, 7) is 1.07. The van der Waals surface area contributed by atoms with Crippen LogP contribution in [0, 0.1) is 11.6 Å². The number of rotatable bonds is 4.